The SMILES string of the molecule is CCOCCSCCCCCCCCCCCc1ccc(S(C)(C)C)cc1. The predicted octanol–water partition coefficient (Wildman–Crippen LogP) is 7.56. The fourth-order valence-electron chi connectivity index (χ4n) is 3.20. The van der Waals surface area contributed by atoms with Crippen LogP contribution in [0.4, 0.5) is 0 Å². The summed E-state index contributed by atoms with van der Waals surface area (Å²) in [6, 6.07) is 9.40. The first-order valence-corrected chi connectivity index (χ1v) is 15.0. The number of rotatable bonds is 17. The van der Waals surface area contributed by atoms with Crippen molar-refractivity contribution in [3.05, 3.63) is 29.8 Å². The second kappa shape index (κ2) is 15.8. The van der Waals surface area contributed by atoms with Crippen molar-refractivity contribution in [2.45, 2.75) is 76.0 Å². The number of ether oxygens (including phenoxy) is 1. The van der Waals surface area contributed by atoms with E-state index in [-0.39, 0.29) is 0 Å². The summed E-state index contributed by atoms with van der Waals surface area (Å²) in [5.41, 5.74) is 1.52. The van der Waals surface area contributed by atoms with Crippen molar-refractivity contribution in [3.8, 4) is 0 Å². The van der Waals surface area contributed by atoms with E-state index in [0.29, 0.717) is 0 Å². The maximum Gasteiger partial charge on any atom is 0.0556 e. The lowest BCUT2D eigenvalue weighted by Gasteiger charge is -2.25. The Kier molecular flexibility index (Phi) is 14.5. The van der Waals surface area contributed by atoms with Gasteiger partial charge in [0.2, 0.25) is 0 Å². The Morgan fingerprint density at radius 2 is 1.30 bits per heavy atom. The molecule has 0 saturated carbocycles. The van der Waals surface area contributed by atoms with E-state index in [1.54, 1.807) is 0 Å². The van der Waals surface area contributed by atoms with Gasteiger partial charge in [0.25, 0.3) is 0 Å². The van der Waals surface area contributed by atoms with E-state index < -0.39 is 10.0 Å². The molecule has 0 spiro atoms. The summed E-state index contributed by atoms with van der Waals surface area (Å²) in [7, 11) is -0.577. The van der Waals surface area contributed by atoms with Crippen molar-refractivity contribution in [2.24, 2.45) is 0 Å². The zero-order valence-electron chi connectivity index (χ0n) is 18.4. The van der Waals surface area contributed by atoms with Gasteiger partial charge < -0.3 is 4.74 Å². The van der Waals surface area contributed by atoms with Gasteiger partial charge in [0.15, 0.2) is 0 Å². The molecule has 0 fully saturated rings. The lowest BCUT2D eigenvalue weighted by Crippen LogP contribution is -1.96. The van der Waals surface area contributed by atoms with E-state index in [4.69, 9.17) is 4.74 Å². The summed E-state index contributed by atoms with van der Waals surface area (Å²) in [5, 5.41) is 0. The lowest BCUT2D eigenvalue weighted by atomic mass is 10.0. The summed E-state index contributed by atoms with van der Waals surface area (Å²) in [6.07, 6.45) is 21.0. The standard InChI is InChI=1S/C24H44OS2/c1-5-25-20-22-26-21-14-12-10-8-6-7-9-11-13-15-23-16-18-24(19-17-23)27(2,3)4/h16-19H,5-15,20-22H2,1-4H3. The van der Waals surface area contributed by atoms with Crippen LogP contribution >= 0.6 is 21.8 Å². The Morgan fingerprint density at radius 1 is 0.741 bits per heavy atom. The molecule has 1 aromatic carbocycles. The molecule has 0 heterocycles. The molecule has 0 aliphatic rings. The predicted molar refractivity (Wildman–Crippen MR) is 129 cm³/mol. The van der Waals surface area contributed by atoms with Gasteiger partial charge in [-0.15, -0.1) is 0 Å². The second-order valence-electron chi connectivity index (χ2n) is 8.22. The Labute approximate surface area is 175 Å². The zero-order valence-corrected chi connectivity index (χ0v) is 20.1. The van der Waals surface area contributed by atoms with Crippen LogP contribution < -0.4 is 0 Å². The normalized spacial score (nSPS) is 12.4. The molecule has 0 radical (unpaired) electrons. The van der Waals surface area contributed by atoms with Crippen molar-refractivity contribution in [2.75, 3.05) is 43.5 Å². The van der Waals surface area contributed by atoms with Crippen LogP contribution in [0.3, 0.4) is 0 Å². The molecule has 158 valence electrons. The Morgan fingerprint density at radius 3 is 1.85 bits per heavy atom. The molecule has 0 unspecified atom stereocenters. The van der Waals surface area contributed by atoms with Crippen LogP contribution in [-0.2, 0) is 11.2 Å². The average molecular weight is 413 g/mol. The molecular formula is C24H44OS2. The van der Waals surface area contributed by atoms with E-state index in [2.05, 4.69) is 50.0 Å². The minimum absolute atomic E-state index is 0.577. The number of hydrogen-bond donors (Lipinski definition) is 0. The Bertz CT molecular complexity index is 450. The van der Waals surface area contributed by atoms with Gasteiger partial charge in [0.05, 0.1) is 6.61 Å². The number of aryl methyl sites for hydroxylation is 1. The molecule has 1 nitrogen and oxygen atoms in total. The smallest absolute Gasteiger partial charge is 0.0556 e. The number of hydrogen-bond acceptors (Lipinski definition) is 2. The highest BCUT2D eigenvalue weighted by atomic mass is 32.3. The average Bonchev–Trinajstić information content (AvgIpc) is 2.64. The zero-order chi connectivity index (χ0) is 19.8. The van der Waals surface area contributed by atoms with E-state index in [0.717, 1.165) is 19.0 Å². The van der Waals surface area contributed by atoms with Crippen molar-refractivity contribution in [1.82, 2.24) is 0 Å². The topological polar surface area (TPSA) is 9.23 Å². The molecule has 0 N–H and O–H groups in total. The molecule has 1 aromatic rings. The van der Waals surface area contributed by atoms with Gasteiger partial charge in [0, 0.05) is 12.4 Å². The van der Waals surface area contributed by atoms with Crippen molar-refractivity contribution in [1.29, 1.82) is 0 Å². The van der Waals surface area contributed by atoms with Crippen LogP contribution in [0.1, 0.15) is 70.3 Å². The highest BCUT2D eigenvalue weighted by Crippen LogP contribution is 2.44. The molecule has 0 aliphatic carbocycles. The molecule has 0 bridgehead atoms. The highest BCUT2D eigenvalue weighted by molar-refractivity contribution is 8.32. The van der Waals surface area contributed by atoms with Crippen LogP contribution in [0.2, 0.25) is 0 Å². The summed E-state index contributed by atoms with van der Waals surface area (Å²) in [5.74, 6) is 2.47. The third kappa shape index (κ3) is 13.7. The second-order valence-corrected chi connectivity index (χ2v) is 13.6. The quantitative estimate of drug-likeness (QED) is 0.244. The van der Waals surface area contributed by atoms with Crippen molar-refractivity contribution >= 4 is 21.8 Å². The van der Waals surface area contributed by atoms with E-state index >= 15 is 0 Å². The minimum Gasteiger partial charge on any atom is -0.381 e. The van der Waals surface area contributed by atoms with Gasteiger partial charge in [-0.2, -0.15) is 11.8 Å². The maximum absolute atomic E-state index is 5.36. The molecule has 3 heteroatoms. The summed E-state index contributed by atoms with van der Waals surface area (Å²) in [4.78, 5) is 1.52. The molecule has 0 aromatic heterocycles. The van der Waals surface area contributed by atoms with Gasteiger partial charge in [-0.25, -0.2) is 10.0 Å². The third-order valence-electron chi connectivity index (χ3n) is 4.96. The van der Waals surface area contributed by atoms with Crippen molar-refractivity contribution < 1.29 is 4.74 Å². The van der Waals surface area contributed by atoms with Gasteiger partial charge in [-0.1, -0.05) is 57.1 Å². The molecular weight excluding hydrogens is 368 g/mol. The van der Waals surface area contributed by atoms with Gasteiger partial charge >= 0.3 is 0 Å². The Hall–Kier alpha value is -0.120. The largest absolute Gasteiger partial charge is 0.381 e. The minimum atomic E-state index is -0.577. The van der Waals surface area contributed by atoms with Crippen molar-refractivity contribution in [3.63, 3.8) is 0 Å². The fourth-order valence-corrected chi connectivity index (χ4v) is 5.00. The first-order chi connectivity index (χ1) is 13.0. The number of thioether (sulfide) groups is 1. The lowest BCUT2D eigenvalue weighted by molar-refractivity contribution is 0.164. The summed E-state index contributed by atoms with van der Waals surface area (Å²) < 4.78 is 5.36. The molecule has 0 amide bonds. The van der Waals surface area contributed by atoms with Gasteiger partial charge in [-0.05, 0) is 73.3 Å². The molecule has 0 aliphatic heterocycles. The van der Waals surface area contributed by atoms with Crippen LogP contribution in [-0.4, -0.2) is 43.5 Å². The molecule has 1 rings (SSSR count). The Balaban J connectivity index is 1.87. The fraction of sp³-hybridized carbons (Fsp3) is 0.750. The molecule has 0 atom stereocenters. The third-order valence-corrected chi connectivity index (χ3v) is 7.68. The molecule has 27 heavy (non-hydrogen) atoms. The first kappa shape index (κ1) is 24.9. The highest BCUT2D eigenvalue weighted by Gasteiger charge is 2.07. The van der Waals surface area contributed by atoms with Crippen LogP contribution in [0.15, 0.2) is 29.2 Å². The maximum atomic E-state index is 5.36. The van der Waals surface area contributed by atoms with Gasteiger partial charge in [-0.3, -0.25) is 0 Å². The number of unbranched alkanes of at least 4 members (excludes halogenated alkanes) is 8. The monoisotopic (exact) mass is 412 g/mol. The first-order valence-electron chi connectivity index (χ1n) is 11.0. The van der Waals surface area contributed by atoms with Crippen LogP contribution in [0, 0.1) is 0 Å². The van der Waals surface area contributed by atoms with E-state index in [9.17, 15) is 0 Å². The van der Waals surface area contributed by atoms with Crippen LogP contribution in [0.5, 0.6) is 0 Å². The molecule has 0 saturated heterocycles. The van der Waals surface area contributed by atoms with Gasteiger partial charge in [0.1, 0.15) is 0 Å². The number of benzene rings is 1. The summed E-state index contributed by atoms with van der Waals surface area (Å²) >= 11 is 2.05. The van der Waals surface area contributed by atoms with E-state index in [1.807, 2.05) is 11.8 Å². The van der Waals surface area contributed by atoms with E-state index in [1.165, 1.54) is 80.4 Å². The summed E-state index contributed by atoms with van der Waals surface area (Å²) in [6.45, 7) is 3.84. The van der Waals surface area contributed by atoms with Crippen LogP contribution in [0.25, 0.3) is 0 Å².